The molecule has 7 nitrogen and oxygen atoms in total. The molecule has 3 aromatic rings. The molecule has 0 aliphatic rings. The molecule has 2 N–H and O–H groups in total. The van der Waals surface area contributed by atoms with E-state index in [9.17, 15) is 9.59 Å². The van der Waals surface area contributed by atoms with Crippen molar-refractivity contribution in [2.24, 2.45) is 0 Å². The van der Waals surface area contributed by atoms with Gasteiger partial charge in [-0.1, -0.05) is 31.2 Å². The third-order valence-electron chi connectivity index (χ3n) is 5.25. The molecule has 0 bridgehead atoms. The van der Waals surface area contributed by atoms with E-state index in [1.54, 1.807) is 30.3 Å². The van der Waals surface area contributed by atoms with E-state index < -0.39 is 11.8 Å². The van der Waals surface area contributed by atoms with Gasteiger partial charge in [0.05, 0.1) is 26.5 Å². The van der Waals surface area contributed by atoms with Crippen LogP contribution in [0.4, 0.5) is 0 Å². The minimum atomic E-state index is -0.465. The molecule has 0 saturated heterocycles. The second kappa shape index (κ2) is 11.0. The van der Waals surface area contributed by atoms with Crippen molar-refractivity contribution in [1.82, 2.24) is 10.6 Å². The number of amides is 2. The average Bonchev–Trinajstić information content (AvgIpc) is 3.35. The molecule has 33 heavy (non-hydrogen) atoms. The van der Waals surface area contributed by atoms with Gasteiger partial charge in [0.2, 0.25) is 0 Å². The predicted molar refractivity (Wildman–Crippen MR) is 126 cm³/mol. The molecule has 172 valence electrons. The monoisotopic (exact) mass is 448 g/mol. The van der Waals surface area contributed by atoms with Gasteiger partial charge in [0, 0.05) is 11.6 Å². The van der Waals surface area contributed by atoms with Gasteiger partial charge in [-0.05, 0) is 54.8 Å². The lowest BCUT2D eigenvalue weighted by molar-refractivity contribution is -0.118. The molecule has 0 radical (unpaired) electrons. The molecule has 7 heteroatoms. The van der Waals surface area contributed by atoms with E-state index in [4.69, 9.17) is 13.9 Å². The van der Waals surface area contributed by atoms with Crippen LogP contribution in [-0.2, 0) is 4.79 Å². The van der Waals surface area contributed by atoms with Gasteiger partial charge in [-0.25, -0.2) is 0 Å². The lowest BCUT2D eigenvalue weighted by Crippen LogP contribution is -2.37. The van der Waals surface area contributed by atoms with Gasteiger partial charge < -0.3 is 24.5 Å². The number of hydrogen-bond acceptors (Lipinski definition) is 5. The second-order valence-electron chi connectivity index (χ2n) is 7.39. The molecule has 0 unspecified atom stereocenters. The summed E-state index contributed by atoms with van der Waals surface area (Å²) in [6, 6.07) is 15.9. The summed E-state index contributed by atoms with van der Waals surface area (Å²) in [5, 5.41) is 5.74. The minimum absolute atomic E-state index is 0.0665. The van der Waals surface area contributed by atoms with Gasteiger partial charge in [0.15, 0.2) is 11.5 Å². The minimum Gasteiger partial charge on any atom is -0.493 e. The Balaban J connectivity index is 1.87. The fourth-order valence-electron chi connectivity index (χ4n) is 3.46. The molecule has 3 rings (SSSR count). The predicted octanol–water partition coefficient (Wildman–Crippen LogP) is 4.64. The van der Waals surface area contributed by atoms with E-state index in [0.717, 1.165) is 11.1 Å². The Bertz CT molecular complexity index is 1140. The summed E-state index contributed by atoms with van der Waals surface area (Å²) in [5.74, 6) is 0.471. The van der Waals surface area contributed by atoms with E-state index in [2.05, 4.69) is 10.6 Å². The van der Waals surface area contributed by atoms with Crippen molar-refractivity contribution in [2.45, 2.75) is 26.3 Å². The van der Waals surface area contributed by atoms with Crippen molar-refractivity contribution in [1.29, 1.82) is 0 Å². The number of carbonyl (C=O) groups excluding carboxylic acids is 2. The quantitative estimate of drug-likeness (QED) is 0.466. The number of methoxy groups -OCH3 is 2. The molecule has 0 fully saturated rings. The molecule has 1 atom stereocenters. The topological polar surface area (TPSA) is 89.8 Å². The normalized spacial score (nSPS) is 12.1. The Labute approximate surface area is 193 Å². The van der Waals surface area contributed by atoms with Crippen LogP contribution in [0, 0.1) is 6.92 Å². The number of furan rings is 1. The van der Waals surface area contributed by atoms with Crippen LogP contribution in [0.5, 0.6) is 11.5 Å². The van der Waals surface area contributed by atoms with E-state index in [1.807, 2.05) is 38.1 Å². The van der Waals surface area contributed by atoms with Crippen molar-refractivity contribution in [3.05, 3.63) is 89.0 Å². The summed E-state index contributed by atoms with van der Waals surface area (Å²) in [6.07, 6.45) is 3.69. The average molecular weight is 449 g/mol. The zero-order valence-corrected chi connectivity index (χ0v) is 19.2. The lowest BCUT2D eigenvalue weighted by atomic mass is 9.99. The SMILES string of the molecule is CC[C@H](NC(=O)/C(=C/c1ccco1)NC(=O)c1ccc(OC)c(OC)c1)c1ccccc1C. The highest BCUT2D eigenvalue weighted by molar-refractivity contribution is 6.05. The van der Waals surface area contributed by atoms with Crippen molar-refractivity contribution in [3.63, 3.8) is 0 Å². The van der Waals surface area contributed by atoms with E-state index in [0.29, 0.717) is 29.2 Å². The van der Waals surface area contributed by atoms with Crippen molar-refractivity contribution >= 4 is 17.9 Å². The van der Waals surface area contributed by atoms with Gasteiger partial charge in [-0.2, -0.15) is 0 Å². The number of rotatable bonds is 9. The highest BCUT2D eigenvalue weighted by atomic mass is 16.5. The highest BCUT2D eigenvalue weighted by Gasteiger charge is 2.21. The number of benzene rings is 2. The molecule has 0 aliphatic carbocycles. The number of hydrogen-bond donors (Lipinski definition) is 2. The summed E-state index contributed by atoms with van der Waals surface area (Å²) in [6.45, 7) is 4.00. The van der Waals surface area contributed by atoms with Crippen molar-refractivity contribution in [3.8, 4) is 11.5 Å². The molecular weight excluding hydrogens is 420 g/mol. The Hall–Kier alpha value is -4.00. The first kappa shape index (κ1) is 23.7. The summed E-state index contributed by atoms with van der Waals surface area (Å²) in [7, 11) is 3.01. The maximum Gasteiger partial charge on any atom is 0.268 e. The fourth-order valence-corrected chi connectivity index (χ4v) is 3.46. The van der Waals surface area contributed by atoms with E-state index in [-0.39, 0.29) is 11.7 Å². The zero-order chi connectivity index (χ0) is 23.8. The van der Waals surface area contributed by atoms with Gasteiger partial charge in [0.1, 0.15) is 11.5 Å². The first-order valence-corrected chi connectivity index (χ1v) is 10.6. The summed E-state index contributed by atoms with van der Waals surface area (Å²) >= 11 is 0. The van der Waals surface area contributed by atoms with Crippen LogP contribution in [0.2, 0.25) is 0 Å². The maximum atomic E-state index is 13.2. The second-order valence-corrected chi connectivity index (χ2v) is 7.39. The van der Waals surface area contributed by atoms with Crippen LogP contribution < -0.4 is 20.1 Å². The first-order chi connectivity index (χ1) is 16.0. The molecule has 0 aliphatic heterocycles. The Morgan fingerprint density at radius 3 is 2.42 bits per heavy atom. The Morgan fingerprint density at radius 1 is 1.03 bits per heavy atom. The number of ether oxygens (including phenoxy) is 2. The Kier molecular flexibility index (Phi) is 7.91. The molecule has 1 heterocycles. The lowest BCUT2D eigenvalue weighted by Gasteiger charge is -2.20. The van der Waals surface area contributed by atoms with E-state index >= 15 is 0 Å². The first-order valence-electron chi connectivity index (χ1n) is 10.6. The van der Waals surface area contributed by atoms with Gasteiger partial charge >= 0.3 is 0 Å². The van der Waals surface area contributed by atoms with Crippen LogP contribution >= 0.6 is 0 Å². The van der Waals surface area contributed by atoms with Crippen LogP contribution in [0.3, 0.4) is 0 Å². The number of carbonyl (C=O) groups is 2. The number of aryl methyl sites for hydroxylation is 1. The Morgan fingerprint density at radius 2 is 1.79 bits per heavy atom. The molecule has 1 aromatic heterocycles. The molecule has 2 aromatic carbocycles. The van der Waals surface area contributed by atoms with Crippen molar-refractivity contribution < 1.29 is 23.5 Å². The molecule has 0 saturated carbocycles. The summed E-state index contributed by atoms with van der Waals surface area (Å²) in [4.78, 5) is 26.2. The maximum absolute atomic E-state index is 13.2. The highest BCUT2D eigenvalue weighted by Crippen LogP contribution is 2.27. The smallest absolute Gasteiger partial charge is 0.268 e. The van der Waals surface area contributed by atoms with Crippen LogP contribution in [0.15, 0.2) is 71.0 Å². The fraction of sp³-hybridized carbons (Fsp3) is 0.231. The zero-order valence-electron chi connectivity index (χ0n) is 19.2. The molecule has 2 amide bonds. The van der Waals surface area contributed by atoms with E-state index in [1.165, 1.54) is 26.6 Å². The third kappa shape index (κ3) is 5.83. The third-order valence-corrected chi connectivity index (χ3v) is 5.25. The standard InChI is InChI=1S/C26H28N2O5/c1-5-21(20-11-7-6-9-17(20)2)27-26(30)22(16-19-10-8-14-33-19)28-25(29)18-12-13-23(31-3)24(15-18)32-4/h6-16,21H,5H2,1-4H3,(H,27,30)(H,28,29)/b22-16-/t21-/m0/s1. The summed E-state index contributed by atoms with van der Waals surface area (Å²) in [5.41, 5.74) is 2.49. The molecular formula is C26H28N2O5. The van der Waals surface area contributed by atoms with Crippen LogP contribution in [-0.4, -0.2) is 26.0 Å². The van der Waals surface area contributed by atoms with Crippen LogP contribution in [0.25, 0.3) is 6.08 Å². The van der Waals surface area contributed by atoms with Gasteiger partial charge in [0.25, 0.3) is 11.8 Å². The van der Waals surface area contributed by atoms with Gasteiger partial charge in [-0.3, -0.25) is 9.59 Å². The number of nitrogens with one attached hydrogen (secondary N) is 2. The van der Waals surface area contributed by atoms with Crippen molar-refractivity contribution in [2.75, 3.05) is 14.2 Å². The van der Waals surface area contributed by atoms with Gasteiger partial charge in [-0.15, -0.1) is 0 Å². The van der Waals surface area contributed by atoms with Crippen LogP contribution in [0.1, 0.15) is 46.6 Å². The largest absolute Gasteiger partial charge is 0.493 e. The summed E-state index contributed by atoms with van der Waals surface area (Å²) < 4.78 is 15.9. The molecule has 0 spiro atoms.